The molecule has 4 aromatic rings. The van der Waals surface area contributed by atoms with E-state index in [-0.39, 0.29) is 5.91 Å². The Hall–Kier alpha value is -3.82. The van der Waals surface area contributed by atoms with Crippen molar-refractivity contribution in [2.75, 3.05) is 48.8 Å². The first-order valence-electron chi connectivity index (χ1n) is 11.0. The molecule has 1 fully saturated rings. The van der Waals surface area contributed by atoms with E-state index < -0.39 is 0 Å². The standard InChI is InChI=1S/C25H25N7OS/c1-3-22(33)29-25-27-16-21(34-25)20-6-4-5-17-15-26-24(30-23(17)20)28-18-7-9-19(10-8-18)32-13-11-31(2)12-14-32/h3-10,15-16H,1,11-14H2,2H3,(H,26,28,30)(H,27,29,33). The Labute approximate surface area is 202 Å². The summed E-state index contributed by atoms with van der Waals surface area (Å²) in [5.41, 5.74) is 3.91. The summed E-state index contributed by atoms with van der Waals surface area (Å²) in [6.45, 7) is 7.71. The van der Waals surface area contributed by atoms with E-state index in [1.165, 1.54) is 23.1 Å². The Kier molecular flexibility index (Phi) is 6.20. The van der Waals surface area contributed by atoms with Gasteiger partial charge in [0.1, 0.15) is 0 Å². The average Bonchev–Trinajstić information content (AvgIpc) is 3.32. The molecule has 0 atom stereocenters. The van der Waals surface area contributed by atoms with E-state index in [4.69, 9.17) is 4.98 Å². The van der Waals surface area contributed by atoms with Crippen molar-refractivity contribution < 1.29 is 4.79 Å². The number of hydrogen-bond acceptors (Lipinski definition) is 8. The van der Waals surface area contributed by atoms with Gasteiger partial charge in [0.2, 0.25) is 11.9 Å². The molecule has 2 aromatic carbocycles. The van der Waals surface area contributed by atoms with Gasteiger partial charge in [-0.3, -0.25) is 10.1 Å². The number of para-hydroxylation sites is 1. The lowest BCUT2D eigenvalue weighted by Crippen LogP contribution is -2.44. The van der Waals surface area contributed by atoms with Crippen LogP contribution in [-0.4, -0.2) is 59.0 Å². The summed E-state index contributed by atoms with van der Waals surface area (Å²) in [6, 6.07) is 14.3. The maximum atomic E-state index is 11.6. The van der Waals surface area contributed by atoms with Gasteiger partial charge in [-0.2, -0.15) is 0 Å². The molecule has 0 bridgehead atoms. The lowest BCUT2D eigenvalue weighted by molar-refractivity contribution is -0.111. The fraction of sp³-hybridized carbons (Fsp3) is 0.200. The van der Waals surface area contributed by atoms with Crippen LogP contribution in [-0.2, 0) is 4.79 Å². The zero-order valence-electron chi connectivity index (χ0n) is 18.9. The third-order valence-corrected chi connectivity index (χ3v) is 6.74. The second kappa shape index (κ2) is 9.58. The SMILES string of the molecule is C=CC(=O)Nc1ncc(-c2cccc3cnc(Nc4ccc(N5CCN(C)CC5)cc4)nc23)s1. The van der Waals surface area contributed by atoms with E-state index in [1.807, 2.05) is 24.4 Å². The van der Waals surface area contributed by atoms with Crippen LogP contribution >= 0.6 is 11.3 Å². The first kappa shape index (κ1) is 22.0. The van der Waals surface area contributed by atoms with Crippen molar-refractivity contribution in [1.29, 1.82) is 0 Å². The van der Waals surface area contributed by atoms with Crippen LogP contribution in [0.1, 0.15) is 0 Å². The Morgan fingerprint density at radius 2 is 1.85 bits per heavy atom. The summed E-state index contributed by atoms with van der Waals surface area (Å²) < 4.78 is 0. The molecular formula is C25H25N7OS. The van der Waals surface area contributed by atoms with Gasteiger partial charge in [-0.05, 0) is 37.4 Å². The Morgan fingerprint density at radius 1 is 1.06 bits per heavy atom. The van der Waals surface area contributed by atoms with Crippen molar-refractivity contribution in [2.24, 2.45) is 0 Å². The molecule has 1 aliphatic heterocycles. The van der Waals surface area contributed by atoms with E-state index in [0.717, 1.165) is 53.2 Å². The van der Waals surface area contributed by atoms with E-state index in [2.05, 4.69) is 68.3 Å². The van der Waals surface area contributed by atoms with Gasteiger partial charge >= 0.3 is 0 Å². The van der Waals surface area contributed by atoms with Crippen LogP contribution in [0.3, 0.4) is 0 Å². The summed E-state index contributed by atoms with van der Waals surface area (Å²) in [4.78, 5) is 30.8. The minimum absolute atomic E-state index is 0.286. The van der Waals surface area contributed by atoms with Crippen LogP contribution in [0.15, 0.2) is 67.5 Å². The Morgan fingerprint density at radius 3 is 2.62 bits per heavy atom. The van der Waals surface area contributed by atoms with Gasteiger partial charge in [0.25, 0.3) is 0 Å². The van der Waals surface area contributed by atoms with Crippen LogP contribution in [0.2, 0.25) is 0 Å². The third-order valence-electron chi connectivity index (χ3n) is 5.79. The van der Waals surface area contributed by atoms with Crippen LogP contribution in [0, 0.1) is 0 Å². The molecule has 0 aliphatic carbocycles. The number of nitrogens with one attached hydrogen (secondary N) is 2. The predicted octanol–water partition coefficient (Wildman–Crippen LogP) is 4.37. The second-order valence-corrected chi connectivity index (χ2v) is 9.15. The smallest absolute Gasteiger partial charge is 0.249 e. The summed E-state index contributed by atoms with van der Waals surface area (Å²) >= 11 is 1.39. The summed E-state index contributed by atoms with van der Waals surface area (Å²) in [7, 11) is 2.16. The minimum Gasteiger partial charge on any atom is -0.369 e. The first-order valence-corrected chi connectivity index (χ1v) is 11.9. The molecule has 8 nitrogen and oxygen atoms in total. The number of amides is 1. The average molecular weight is 472 g/mol. The molecule has 2 N–H and O–H groups in total. The van der Waals surface area contributed by atoms with Gasteiger partial charge in [-0.15, -0.1) is 0 Å². The number of hydrogen-bond donors (Lipinski definition) is 2. The zero-order chi connectivity index (χ0) is 23.5. The molecule has 0 unspecified atom stereocenters. The first-order chi connectivity index (χ1) is 16.6. The maximum Gasteiger partial charge on any atom is 0.249 e. The summed E-state index contributed by atoms with van der Waals surface area (Å²) in [5.74, 6) is 0.239. The number of rotatable bonds is 6. The van der Waals surface area contributed by atoms with Crippen molar-refractivity contribution in [1.82, 2.24) is 19.9 Å². The molecular weight excluding hydrogens is 446 g/mol. The Bertz CT molecular complexity index is 1330. The molecule has 0 radical (unpaired) electrons. The number of carbonyl (C=O) groups is 1. The number of carbonyl (C=O) groups excluding carboxylic acids is 1. The molecule has 2 aromatic heterocycles. The molecule has 9 heteroatoms. The number of fused-ring (bicyclic) bond motifs is 1. The third kappa shape index (κ3) is 4.75. The normalized spacial score (nSPS) is 14.2. The van der Waals surface area contributed by atoms with Gasteiger partial charge in [-0.1, -0.05) is 36.1 Å². The molecule has 1 aliphatic rings. The number of nitrogens with zero attached hydrogens (tertiary/aromatic N) is 5. The quantitative estimate of drug-likeness (QED) is 0.404. The van der Waals surface area contributed by atoms with Crippen molar-refractivity contribution in [3.63, 3.8) is 0 Å². The van der Waals surface area contributed by atoms with Gasteiger partial charge in [-0.25, -0.2) is 15.0 Å². The molecule has 0 spiro atoms. The molecule has 172 valence electrons. The summed E-state index contributed by atoms with van der Waals surface area (Å²) in [5, 5.41) is 7.47. The summed E-state index contributed by atoms with van der Waals surface area (Å²) in [6.07, 6.45) is 4.78. The van der Waals surface area contributed by atoms with Crippen molar-refractivity contribution in [2.45, 2.75) is 0 Å². The van der Waals surface area contributed by atoms with E-state index in [9.17, 15) is 4.79 Å². The number of aromatic nitrogens is 3. The zero-order valence-corrected chi connectivity index (χ0v) is 19.7. The van der Waals surface area contributed by atoms with Gasteiger partial charge in [0, 0.05) is 60.9 Å². The highest BCUT2D eigenvalue weighted by Gasteiger charge is 2.15. The van der Waals surface area contributed by atoms with Crippen LogP contribution in [0.25, 0.3) is 21.3 Å². The van der Waals surface area contributed by atoms with Crippen molar-refractivity contribution >= 4 is 50.6 Å². The van der Waals surface area contributed by atoms with Gasteiger partial charge in [0.15, 0.2) is 5.13 Å². The number of likely N-dealkylation sites (N-methyl/N-ethyl adjacent to an activating group) is 1. The molecule has 3 heterocycles. The predicted molar refractivity (Wildman–Crippen MR) is 139 cm³/mol. The second-order valence-electron chi connectivity index (χ2n) is 8.12. The number of benzene rings is 2. The fourth-order valence-corrected chi connectivity index (χ4v) is 4.72. The van der Waals surface area contributed by atoms with E-state index >= 15 is 0 Å². The molecule has 1 amide bonds. The number of anilines is 4. The van der Waals surface area contributed by atoms with Crippen LogP contribution in [0.4, 0.5) is 22.5 Å². The van der Waals surface area contributed by atoms with E-state index in [0.29, 0.717) is 11.1 Å². The molecule has 34 heavy (non-hydrogen) atoms. The maximum absolute atomic E-state index is 11.6. The van der Waals surface area contributed by atoms with Gasteiger partial charge < -0.3 is 15.1 Å². The molecule has 1 saturated heterocycles. The lowest BCUT2D eigenvalue weighted by Gasteiger charge is -2.34. The van der Waals surface area contributed by atoms with Crippen LogP contribution < -0.4 is 15.5 Å². The highest BCUT2D eigenvalue weighted by Crippen LogP contribution is 2.34. The Balaban J connectivity index is 1.37. The highest BCUT2D eigenvalue weighted by atomic mass is 32.1. The van der Waals surface area contributed by atoms with Crippen molar-refractivity contribution in [3.05, 3.63) is 67.5 Å². The topological polar surface area (TPSA) is 86.3 Å². The molecule has 5 rings (SSSR count). The lowest BCUT2D eigenvalue weighted by atomic mass is 10.1. The largest absolute Gasteiger partial charge is 0.369 e. The highest BCUT2D eigenvalue weighted by molar-refractivity contribution is 7.19. The monoisotopic (exact) mass is 471 g/mol. The molecule has 0 saturated carbocycles. The van der Waals surface area contributed by atoms with E-state index in [1.54, 1.807) is 6.20 Å². The van der Waals surface area contributed by atoms with Gasteiger partial charge in [0.05, 0.1) is 10.4 Å². The fourth-order valence-electron chi connectivity index (χ4n) is 3.88. The number of piperazine rings is 1. The minimum atomic E-state index is -0.286. The van der Waals surface area contributed by atoms with Crippen LogP contribution in [0.5, 0.6) is 0 Å². The van der Waals surface area contributed by atoms with Crippen molar-refractivity contribution in [3.8, 4) is 10.4 Å². The number of thiazole rings is 1.